The van der Waals surface area contributed by atoms with E-state index in [9.17, 15) is 4.79 Å². The lowest BCUT2D eigenvalue weighted by Gasteiger charge is -2.16. The molecule has 106 valence electrons. The van der Waals surface area contributed by atoms with Crippen molar-refractivity contribution in [2.75, 3.05) is 6.61 Å². The molecule has 0 aliphatic heterocycles. The fourth-order valence-corrected chi connectivity index (χ4v) is 1.97. The average molecular weight is 254 g/mol. The zero-order valence-electron chi connectivity index (χ0n) is 13.1. The molecule has 0 aromatic rings. The van der Waals surface area contributed by atoms with Crippen molar-refractivity contribution in [3.05, 3.63) is 0 Å². The van der Waals surface area contributed by atoms with Crippen LogP contribution in [0.5, 0.6) is 0 Å². The summed E-state index contributed by atoms with van der Waals surface area (Å²) in [5.74, 6) is -0.0838. The van der Waals surface area contributed by atoms with Gasteiger partial charge in [-0.2, -0.15) is 0 Å². The standard InChI is InChI=1S/C15H31BO2/c1-6-16(7-2)12-10-8-9-11-13-18-14(17)15(3,4)5/h6-13H2,1-5H3. The Morgan fingerprint density at radius 3 is 2.06 bits per heavy atom. The third kappa shape index (κ3) is 8.60. The molecule has 0 aliphatic rings. The molecule has 3 heteroatoms. The van der Waals surface area contributed by atoms with E-state index >= 15 is 0 Å². The van der Waals surface area contributed by atoms with Crippen LogP contribution in [0.25, 0.3) is 0 Å². The van der Waals surface area contributed by atoms with E-state index in [4.69, 9.17) is 4.74 Å². The molecule has 0 aromatic carbocycles. The molecule has 18 heavy (non-hydrogen) atoms. The zero-order valence-corrected chi connectivity index (χ0v) is 13.1. The Morgan fingerprint density at radius 2 is 1.56 bits per heavy atom. The van der Waals surface area contributed by atoms with E-state index < -0.39 is 0 Å². The molecular formula is C15H31BO2. The van der Waals surface area contributed by atoms with Gasteiger partial charge < -0.3 is 4.74 Å². The molecule has 0 atom stereocenters. The number of rotatable bonds is 9. The summed E-state index contributed by atoms with van der Waals surface area (Å²) in [5.41, 5.74) is -0.366. The van der Waals surface area contributed by atoms with Crippen LogP contribution in [-0.4, -0.2) is 19.3 Å². The van der Waals surface area contributed by atoms with Crippen LogP contribution in [0.1, 0.15) is 60.3 Å². The van der Waals surface area contributed by atoms with E-state index in [1.807, 2.05) is 20.8 Å². The van der Waals surface area contributed by atoms with Gasteiger partial charge in [0.2, 0.25) is 0 Å². The van der Waals surface area contributed by atoms with Crippen molar-refractivity contribution in [3.8, 4) is 0 Å². The normalized spacial score (nSPS) is 11.4. The molecule has 0 fully saturated rings. The fraction of sp³-hybridized carbons (Fsp3) is 0.933. The number of unbranched alkanes of at least 4 members (excludes halogenated alkanes) is 3. The maximum atomic E-state index is 11.5. The average Bonchev–Trinajstić information content (AvgIpc) is 2.31. The van der Waals surface area contributed by atoms with Crippen LogP contribution < -0.4 is 0 Å². The number of carbonyl (C=O) groups excluding carboxylic acids is 1. The largest absolute Gasteiger partial charge is 0.465 e. The Hall–Kier alpha value is -0.465. The highest BCUT2D eigenvalue weighted by molar-refractivity contribution is 6.58. The molecule has 0 rings (SSSR count). The van der Waals surface area contributed by atoms with Crippen molar-refractivity contribution >= 4 is 12.7 Å². The smallest absolute Gasteiger partial charge is 0.311 e. The van der Waals surface area contributed by atoms with Crippen LogP contribution in [0, 0.1) is 5.41 Å². The van der Waals surface area contributed by atoms with Gasteiger partial charge in [-0.1, -0.05) is 52.1 Å². The first-order valence-electron chi connectivity index (χ1n) is 7.59. The molecule has 0 saturated heterocycles. The van der Waals surface area contributed by atoms with E-state index in [0.717, 1.165) is 13.1 Å². The summed E-state index contributed by atoms with van der Waals surface area (Å²) < 4.78 is 5.24. The van der Waals surface area contributed by atoms with Crippen LogP contribution in [0.2, 0.25) is 19.0 Å². The van der Waals surface area contributed by atoms with E-state index in [0.29, 0.717) is 6.61 Å². The van der Waals surface area contributed by atoms with Crippen molar-refractivity contribution in [3.63, 3.8) is 0 Å². The van der Waals surface area contributed by atoms with Gasteiger partial charge in [0.05, 0.1) is 12.0 Å². The monoisotopic (exact) mass is 254 g/mol. The van der Waals surface area contributed by atoms with Gasteiger partial charge in [-0.05, 0) is 27.2 Å². The second-order valence-electron chi connectivity index (χ2n) is 6.27. The maximum absolute atomic E-state index is 11.5. The van der Waals surface area contributed by atoms with Crippen molar-refractivity contribution in [2.45, 2.75) is 79.3 Å². The Morgan fingerprint density at radius 1 is 1.00 bits per heavy atom. The molecule has 0 bridgehead atoms. The molecule has 0 heterocycles. The SMILES string of the molecule is CCB(CC)CCCCCCOC(=O)C(C)(C)C. The van der Waals surface area contributed by atoms with Gasteiger partial charge in [0.1, 0.15) is 6.71 Å². The van der Waals surface area contributed by atoms with Gasteiger partial charge in [-0.15, -0.1) is 0 Å². The lowest BCUT2D eigenvalue weighted by Crippen LogP contribution is -2.23. The van der Waals surface area contributed by atoms with Gasteiger partial charge >= 0.3 is 5.97 Å². The maximum Gasteiger partial charge on any atom is 0.311 e. The third-order valence-corrected chi connectivity index (χ3v) is 3.51. The van der Waals surface area contributed by atoms with Gasteiger partial charge in [0, 0.05) is 0 Å². The lowest BCUT2D eigenvalue weighted by atomic mass is 9.43. The summed E-state index contributed by atoms with van der Waals surface area (Å²) in [5, 5.41) is 0. The summed E-state index contributed by atoms with van der Waals surface area (Å²) in [6.07, 6.45) is 8.74. The molecule has 0 spiro atoms. The Kier molecular flexibility index (Phi) is 9.22. The molecule has 0 amide bonds. The highest BCUT2D eigenvalue weighted by Crippen LogP contribution is 2.16. The Bertz CT molecular complexity index is 217. The minimum atomic E-state index is -0.366. The highest BCUT2D eigenvalue weighted by Gasteiger charge is 2.22. The number of hydrogen-bond acceptors (Lipinski definition) is 2. The number of carbonyl (C=O) groups is 1. The van der Waals surface area contributed by atoms with Crippen molar-refractivity contribution < 1.29 is 9.53 Å². The summed E-state index contributed by atoms with van der Waals surface area (Å²) in [4.78, 5) is 11.5. The summed E-state index contributed by atoms with van der Waals surface area (Å²) in [7, 11) is 0. The number of esters is 1. The quantitative estimate of drug-likeness (QED) is 0.339. The summed E-state index contributed by atoms with van der Waals surface area (Å²) in [6, 6.07) is 0. The summed E-state index contributed by atoms with van der Waals surface area (Å²) in [6.45, 7) is 11.7. The van der Waals surface area contributed by atoms with Crippen LogP contribution in [-0.2, 0) is 9.53 Å². The van der Waals surface area contributed by atoms with Crippen LogP contribution in [0.4, 0.5) is 0 Å². The van der Waals surface area contributed by atoms with E-state index in [1.54, 1.807) is 0 Å². The van der Waals surface area contributed by atoms with E-state index in [1.165, 1.54) is 38.2 Å². The molecule has 0 radical (unpaired) electrons. The first-order chi connectivity index (χ1) is 8.41. The van der Waals surface area contributed by atoms with Crippen molar-refractivity contribution in [1.29, 1.82) is 0 Å². The second kappa shape index (κ2) is 9.46. The van der Waals surface area contributed by atoms with Crippen LogP contribution in [0.3, 0.4) is 0 Å². The topological polar surface area (TPSA) is 26.3 Å². The van der Waals surface area contributed by atoms with Gasteiger partial charge in [0.25, 0.3) is 0 Å². The van der Waals surface area contributed by atoms with Crippen LogP contribution >= 0.6 is 0 Å². The number of hydrogen-bond donors (Lipinski definition) is 0. The molecule has 0 unspecified atom stereocenters. The first-order valence-corrected chi connectivity index (χ1v) is 7.59. The molecule has 0 N–H and O–H groups in total. The summed E-state index contributed by atoms with van der Waals surface area (Å²) >= 11 is 0. The first kappa shape index (κ1) is 17.5. The van der Waals surface area contributed by atoms with Gasteiger partial charge in [0.15, 0.2) is 0 Å². The highest BCUT2D eigenvalue weighted by atomic mass is 16.5. The van der Waals surface area contributed by atoms with Crippen LogP contribution in [0.15, 0.2) is 0 Å². The Labute approximate surface area is 114 Å². The van der Waals surface area contributed by atoms with Gasteiger partial charge in [-0.3, -0.25) is 4.79 Å². The molecule has 0 aliphatic carbocycles. The van der Waals surface area contributed by atoms with Gasteiger partial charge in [-0.25, -0.2) is 0 Å². The Balaban J connectivity index is 3.39. The molecular weight excluding hydrogens is 223 g/mol. The third-order valence-electron chi connectivity index (χ3n) is 3.51. The predicted octanol–water partition coefficient (Wildman–Crippen LogP) is 4.67. The molecule has 0 aromatic heterocycles. The van der Waals surface area contributed by atoms with E-state index in [-0.39, 0.29) is 11.4 Å². The molecule has 0 saturated carbocycles. The molecule has 2 nitrogen and oxygen atoms in total. The van der Waals surface area contributed by atoms with Crippen molar-refractivity contribution in [2.24, 2.45) is 5.41 Å². The van der Waals surface area contributed by atoms with Crippen molar-refractivity contribution in [1.82, 2.24) is 0 Å². The number of ether oxygens (including phenoxy) is 1. The predicted molar refractivity (Wildman–Crippen MR) is 80.4 cm³/mol. The second-order valence-corrected chi connectivity index (χ2v) is 6.27. The lowest BCUT2D eigenvalue weighted by molar-refractivity contribution is -0.153. The zero-order chi connectivity index (χ0) is 14.0. The minimum Gasteiger partial charge on any atom is -0.465 e. The minimum absolute atomic E-state index is 0.0838. The fourth-order valence-electron chi connectivity index (χ4n) is 1.97. The van der Waals surface area contributed by atoms with E-state index in [2.05, 4.69) is 13.8 Å².